The molecule has 110 valence electrons. The molecule has 0 aromatic carbocycles. The Labute approximate surface area is 117 Å². The van der Waals surface area contributed by atoms with Gasteiger partial charge in [-0.25, -0.2) is 14.6 Å². The van der Waals surface area contributed by atoms with E-state index < -0.39 is 12.0 Å². The maximum atomic E-state index is 12.1. The van der Waals surface area contributed by atoms with Gasteiger partial charge >= 0.3 is 12.0 Å². The molecule has 1 unspecified atom stereocenters. The number of hydrogen-bond acceptors (Lipinski definition) is 3. The van der Waals surface area contributed by atoms with E-state index in [-0.39, 0.29) is 6.03 Å². The zero-order valence-corrected chi connectivity index (χ0v) is 11.3. The van der Waals surface area contributed by atoms with Crippen molar-refractivity contribution in [3.63, 3.8) is 0 Å². The largest absolute Gasteiger partial charge is 0.480 e. The highest BCUT2D eigenvalue weighted by molar-refractivity contribution is 5.82. The standard InChI is InChI=1S/C13H20N4O3/c18-12(19)11-4-2-1-3-7-17(11)13(20)15-6-5-10-8-14-9-16-10/h8-9,11H,1-7H2,(H,14,16)(H,15,20)(H,18,19). The average molecular weight is 280 g/mol. The van der Waals surface area contributed by atoms with E-state index in [0.717, 1.165) is 25.0 Å². The maximum absolute atomic E-state index is 12.1. The number of aliphatic carboxylic acids is 1. The van der Waals surface area contributed by atoms with E-state index >= 15 is 0 Å². The molecule has 1 aromatic heterocycles. The van der Waals surface area contributed by atoms with E-state index in [2.05, 4.69) is 15.3 Å². The summed E-state index contributed by atoms with van der Waals surface area (Å²) in [6.45, 7) is 0.969. The van der Waals surface area contributed by atoms with E-state index in [1.807, 2.05) is 0 Å². The number of carboxylic acid groups (broad SMARTS) is 1. The number of carbonyl (C=O) groups is 2. The maximum Gasteiger partial charge on any atom is 0.326 e. The Morgan fingerprint density at radius 1 is 1.45 bits per heavy atom. The molecule has 2 amide bonds. The molecule has 0 aliphatic carbocycles. The van der Waals surface area contributed by atoms with Crippen LogP contribution in [0.2, 0.25) is 0 Å². The number of aromatic amines is 1. The number of nitrogens with one attached hydrogen (secondary N) is 2. The fourth-order valence-electron chi connectivity index (χ4n) is 2.44. The van der Waals surface area contributed by atoms with Gasteiger partial charge in [0.1, 0.15) is 6.04 Å². The van der Waals surface area contributed by atoms with Crippen LogP contribution < -0.4 is 5.32 Å². The van der Waals surface area contributed by atoms with E-state index in [1.165, 1.54) is 4.90 Å². The van der Waals surface area contributed by atoms with Gasteiger partial charge in [-0.05, 0) is 12.8 Å². The molecule has 0 radical (unpaired) electrons. The van der Waals surface area contributed by atoms with Gasteiger partial charge in [0.2, 0.25) is 0 Å². The van der Waals surface area contributed by atoms with E-state index in [0.29, 0.717) is 25.9 Å². The number of urea groups is 1. The van der Waals surface area contributed by atoms with Gasteiger partial charge in [0, 0.05) is 31.4 Å². The monoisotopic (exact) mass is 280 g/mol. The first-order valence-electron chi connectivity index (χ1n) is 6.93. The third-order valence-corrected chi connectivity index (χ3v) is 3.52. The van der Waals surface area contributed by atoms with E-state index in [1.54, 1.807) is 12.5 Å². The molecule has 0 bridgehead atoms. The Kier molecular flexibility index (Phi) is 4.97. The van der Waals surface area contributed by atoms with Crippen LogP contribution in [0.4, 0.5) is 4.79 Å². The molecule has 7 nitrogen and oxygen atoms in total. The zero-order chi connectivity index (χ0) is 14.4. The van der Waals surface area contributed by atoms with Crippen molar-refractivity contribution < 1.29 is 14.7 Å². The van der Waals surface area contributed by atoms with Crippen LogP contribution in [0.1, 0.15) is 31.4 Å². The van der Waals surface area contributed by atoms with Crippen LogP contribution in [0.25, 0.3) is 0 Å². The molecule has 20 heavy (non-hydrogen) atoms. The molecule has 2 heterocycles. The molecule has 1 fully saturated rings. The van der Waals surface area contributed by atoms with Crippen LogP contribution in [0.15, 0.2) is 12.5 Å². The lowest BCUT2D eigenvalue weighted by molar-refractivity contribution is -0.142. The van der Waals surface area contributed by atoms with Gasteiger partial charge in [0.05, 0.1) is 6.33 Å². The highest BCUT2D eigenvalue weighted by Gasteiger charge is 2.30. The summed E-state index contributed by atoms with van der Waals surface area (Å²) in [4.78, 5) is 31.7. The first kappa shape index (κ1) is 14.4. The van der Waals surface area contributed by atoms with Gasteiger partial charge in [0.15, 0.2) is 0 Å². The number of nitrogens with zero attached hydrogens (tertiary/aromatic N) is 2. The Bertz CT molecular complexity index is 446. The first-order chi connectivity index (χ1) is 9.68. The topological polar surface area (TPSA) is 98.3 Å². The van der Waals surface area contributed by atoms with Gasteiger partial charge in [-0.2, -0.15) is 0 Å². The molecule has 0 spiro atoms. The fraction of sp³-hybridized carbons (Fsp3) is 0.615. The molecule has 7 heteroatoms. The number of rotatable bonds is 4. The highest BCUT2D eigenvalue weighted by atomic mass is 16.4. The number of hydrogen-bond donors (Lipinski definition) is 3. The molecule has 1 aliphatic heterocycles. The van der Waals surface area contributed by atoms with Crippen LogP contribution in [0.5, 0.6) is 0 Å². The second-order valence-electron chi connectivity index (χ2n) is 4.96. The molecule has 3 N–H and O–H groups in total. The van der Waals surface area contributed by atoms with Crippen LogP contribution in [-0.2, 0) is 11.2 Å². The minimum atomic E-state index is -0.921. The Balaban J connectivity index is 1.86. The summed E-state index contributed by atoms with van der Waals surface area (Å²) in [5, 5.41) is 12.0. The SMILES string of the molecule is O=C(O)C1CCCCCN1C(=O)NCCc1cnc[nH]1. The molecular weight excluding hydrogens is 260 g/mol. The minimum absolute atomic E-state index is 0.293. The average Bonchev–Trinajstić information content (AvgIpc) is 2.80. The van der Waals surface area contributed by atoms with Crippen LogP contribution in [0.3, 0.4) is 0 Å². The molecule has 2 rings (SSSR count). The molecular formula is C13H20N4O3. The van der Waals surface area contributed by atoms with E-state index in [4.69, 9.17) is 0 Å². The van der Waals surface area contributed by atoms with Gasteiger partial charge in [-0.3, -0.25) is 0 Å². The van der Waals surface area contributed by atoms with E-state index in [9.17, 15) is 14.7 Å². The molecule has 1 atom stereocenters. The lowest BCUT2D eigenvalue weighted by Gasteiger charge is -2.27. The number of carboxylic acids is 1. The van der Waals surface area contributed by atoms with Gasteiger partial charge in [-0.1, -0.05) is 12.8 Å². The molecule has 1 aliphatic rings. The fourth-order valence-corrected chi connectivity index (χ4v) is 2.44. The Morgan fingerprint density at radius 3 is 3.00 bits per heavy atom. The summed E-state index contributed by atoms with van der Waals surface area (Å²) < 4.78 is 0. The third-order valence-electron chi connectivity index (χ3n) is 3.52. The first-order valence-corrected chi connectivity index (χ1v) is 6.93. The quantitative estimate of drug-likeness (QED) is 0.766. The summed E-state index contributed by atoms with van der Waals surface area (Å²) >= 11 is 0. The van der Waals surface area contributed by atoms with Crippen molar-refractivity contribution in [3.8, 4) is 0 Å². The molecule has 0 saturated carbocycles. The summed E-state index contributed by atoms with van der Waals surface area (Å²) in [5.74, 6) is -0.921. The lowest BCUT2D eigenvalue weighted by Crippen LogP contribution is -2.49. The van der Waals surface area contributed by atoms with Crippen molar-refractivity contribution in [2.45, 2.75) is 38.1 Å². The van der Waals surface area contributed by atoms with Crippen molar-refractivity contribution in [2.24, 2.45) is 0 Å². The third kappa shape index (κ3) is 3.72. The Hall–Kier alpha value is -2.05. The minimum Gasteiger partial charge on any atom is -0.480 e. The number of likely N-dealkylation sites (tertiary alicyclic amines) is 1. The highest BCUT2D eigenvalue weighted by Crippen LogP contribution is 2.17. The molecule has 1 saturated heterocycles. The number of carbonyl (C=O) groups excluding carboxylic acids is 1. The second kappa shape index (κ2) is 6.93. The summed E-state index contributed by atoms with van der Waals surface area (Å²) in [5.41, 5.74) is 0.941. The number of imidazole rings is 1. The summed E-state index contributed by atoms with van der Waals surface area (Å²) in [6.07, 6.45) is 7.17. The van der Waals surface area contributed by atoms with Crippen molar-refractivity contribution in [3.05, 3.63) is 18.2 Å². The van der Waals surface area contributed by atoms with Crippen molar-refractivity contribution >= 4 is 12.0 Å². The van der Waals surface area contributed by atoms with Gasteiger partial charge < -0.3 is 20.3 Å². The van der Waals surface area contributed by atoms with Crippen molar-refractivity contribution in [1.82, 2.24) is 20.2 Å². The Morgan fingerprint density at radius 2 is 2.30 bits per heavy atom. The lowest BCUT2D eigenvalue weighted by atomic mass is 10.1. The van der Waals surface area contributed by atoms with Crippen LogP contribution in [0, 0.1) is 0 Å². The number of aromatic nitrogens is 2. The summed E-state index contributed by atoms with van der Waals surface area (Å²) in [7, 11) is 0. The van der Waals surface area contributed by atoms with Crippen molar-refractivity contribution in [1.29, 1.82) is 0 Å². The number of H-pyrrole nitrogens is 1. The van der Waals surface area contributed by atoms with Gasteiger partial charge in [0.25, 0.3) is 0 Å². The van der Waals surface area contributed by atoms with Crippen molar-refractivity contribution in [2.75, 3.05) is 13.1 Å². The van der Waals surface area contributed by atoms with Gasteiger partial charge in [-0.15, -0.1) is 0 Å². The summed E-state index contributed by atoms with van der Waals surface area (Å²) in [6, 6.07) is -0.997. The smallest absolute Gasteiger partial charge is 0.326 e. The second-order valence-corrected chi connectivity index (χ2v) is 4.96. The predicted molar refractivity (Wildman–Crippen MR) is 72.3 cm³/mol. The van der Waals surface area contributed by atoms with Crippen LogP contribution >= 0.6 is 0 Å². The molecule has 1 aromatic rings. The van der Waals surface area contributed by atoms with Crippen LogP contribution in [-0.4, -0.2) is 51.1 Å². The zero-order valence-electron chi connectivity index (χ0n) is 11.3. The normalized spacial score (nSPS) is 19.4. The number of amides is 2. The predicted octanol–water partition coefficient (Wildman–Crippen LogP) is 0.991.